The molecule has 25 heavy (non-hydrogen) atoms. The molecule has 1 aliphatic rings. The topological polar surface area (TPSA) is 37.0 Å². The molecule has 132 valence electrons. The number of aryl methyl sites for hydroxylation is 1. The zero-order valence-electron chi connectivity index (χ0n) is 15.5. The maximum absolute atomic E-state index is 4.41. The Kier molecular flexibility index (Phi) is 5.42. The molecule has 0 aliphatic carbocycles. The van der Waals surface area contributed by atoms with Crippen molar-refractivity contribution >= 4 is 0 Å². The van der Waals surface area contributed by atoms with E-state index < -0.39 is 0 Å². The van der Waals surface area contributed by atoms with Crippen LogP contribution in [-0.2, 0) is 6.42 Å². The summed E-state index contributed by atoms with van der Waals surface area (Å²) in [7, 11) is 0. The Morgan fingerprint density at radius 2 is 1.88 bits per heavy atom. The summed E-state index contributed by atoms with van der Waals surface area (Å²) in [4.78, 5) is 4.41. The Hall–Kier alpha value is -2.29. The molecule has 0 bridgehead atoms. The molecule has 0 amide bonds. The first-order valence-electron chi connectivity index (χ1n) is 9.28. The normalized spacial score (nSPS) is 16.9. The molecule has 0 saturated carbocycles. The quantitative estimate of drug-likeness (QED) is 0.758. The first-order valence-corrected chi connectivity index (χ1v) is 9.28. The highest BCUT2D eigenvalue weighted by Crippen LogP contribution is 2.28. The van der Waals surface area contributed by atoms with Crippen LogP contribution in [0.4, 0.5) is 0 Å². The summed E-state index contributed by atoms with van der Waals surface area (Å²) in [6.45, 7) is 6.91. The number of nitrogens with one attached hydrogen (secondary N) is 2. The van der Waals surface area contributed by atoms with Crippen molar-refractivity contribution in [3.05, 3.63) is 66.1 Å². The molecule has 3 rings (SSSR count). The summed E-state index contributed by atoms with van der Waals surface area (Å²) < 4.78 is 0. The number of pyridine rings is 1. The third kappa shape index (κ3) is 4.85. The van der Waals surface area contributed by atoms with E-state index in [2.05, 4.69) is 66.9 Å². The molecule has 3 heteroatoms. The fraction of sp³-hybridized carbons (Fsp3) is 0.409. The van der Waals surface area contributed by atoms with Gasteiger partial charge in [-0.1, -0.05) is 57.5 Å². The summed E-state index contributed by atoms with van der Waals surface area (Å²) in [5, 5.41) is 7.11. The summed E-state index contributed by atoms with van der Waals surface area (Å²) in [5.74, 6) is 0. The Bertz CT molecular complexity index is 702. The van der Waals surface area contributed by atoms with E-state index in [0.717, 1.165) is 25.0 Å². The second-order valence-corrected chi connectivity index (χ2v) is 7.68. The fourth-order valence-electron chi connectivity index (χ4n) is 3.09. The third-order valence-electron chi connectivity index (χ3n) is 5.08. The Balaban J connectivity index is 1.49. The molecule has 2 aromatic rings. The number of benzene rings is 1. The maximum Gasteiger partial charge on any atom is 0.0960 e. The Morgan fingerprint density at radius 3 is 2.56 bits per heavy atom. The lowest BCUT2D eigenvalue weighted by molar-refractivity contribution is 0.338. The minimum atomic E-state index is 0.345. The van der Waals surface area contributed by atoms with Gasteiger partial charge in [0.1, 0.15) is 0 Å². The zero-order chi connectivity index (χ0) is 17.7. The minimum Gasteiger partial charge on any atom is -0.370 e. The molecular weight excluding hydrogens is 306 g/mol. The van der Waals surface area contributed by atoms with E-state index in [1.807, 2.05) is 24.4 Å². The van der Waals surface area contributed by atoms with Crippen LogP contribution < -0.4 is 10.6 Å². The van der Waals surface area contributed by atoms with Crippen LogP contribution in [0.3, 0.4) is 0 Å². The highest BCUT2D eigenvalue weighted by Gasteiger charge is 2.22. The summed E-state index contributed by atoms with van der Waals surface area (Å²) in [6, 6.07) is 14.8. The van der Waals surface area contributed by atoms with Gasteiger partial charge in [-0.15, -0.1) is 0 Å². The summed E-state index contributed by atoms with van der Waals surface area (Å²) >= 11 is 0. The van der Waals surface area contributed by atoms with E-state index in [1.165, 1.54) is 23.2 Å². The molecule has 0 spiro atoms. The molecular formula is C22H29N3. The SMILES string of the molecule is CCC(C)(C)CC1=CNC(CCc2ccc(-c3ccccn3)cc2)N1. The van der Waals surface area contributed by atoms with E-state index in [0.29, 0.717) is 11.6 Å². The van der Waals surface area contributed by atoms with Crippen LogP contribution >= 0.6 is 0 Å². The minimum absolute atomic E-state index is 0.345. The highest BCUT2D eigenvalue weighted by molar-refractivity contribution is 5.58. The summed E-state index contributed by atoms with van der Waals surface area (Å²) in [5.41, 5.74) is 5.26. The molecule has 2 N–H and O–H groups in total. The van der Waals surface area contributed by atoms with Crippen molar-refractivity contribution in [2.75, 3.05) is 0 Å². The lowest BCUT2D eigenvalue weighted by atomic mass is 9.85. The molecule has 1 aliphatic heterocycles. The number of allylic oxidation sites excluding steroid dienone is 1. The standard InChI is InChI=1S/C22H29N3/c1-4-22(2,3)15-19-16-24-21(25-19)13-10-17-8-11-18(12-9-17)20-7-5-6-14-23-20/h5-9,11-12,14,16,21,24-25H,4,10,13,15H2,1-3H3. The molecule has 0 fully saturated rings. The molecule has 0 radical (unpaired) electrons. The van der Waals surface area contributed by atoms with Crippen molar-refractivity contribution < 1.29 is 0 Å². The van der Waals surface area contributed by atoms with Crippen molar-refractivity contribution in [2.45, 2.75) is 52.6 Å². The molecule has 3 nitrogen and oxygen atoms in total. The van der Waals surface area contributed by atoms with E-state index in [-0.39, 0.29) is 0 Å². The van der Waals surface area contributed by atoms with Crippen LogP contribution in [0.1, 0.15) is 45.6 Å². The average Bonchev–Trinajstić information content (AvgIpc) is 3.08. The lowest BCUT2D eigenvalue weighted by Gasteiger charge is -2.24. The first-order chi connectivity index (χ1) is 12.1. The van der Waals surface area contributed by atoms with Gasteiger partial charge >= 0.3 is 0 Å². The van der Waals surface area contributed by atoms with Gasteiger partial charge in [0, 0.05) is 23.7 Å². The van der Waals surface area contributed by atoms with Crippen LogP contribution in [0.2, 0.25) is 0 Å². The van der Waals surface area contributed by atoms with Crippen molar-refractivity contribution in [3.63, 3.8) is 0 Å². The van der Waals surface area contributed by atoms with Crippen molar-refractivity contribution in [2.24, 2.45) is 5.41 Å². The predicted molar refractivity (Wildman–Crippen MR) is 105 cm³/mol. The Morgan fingerprint density at radius 1 is 1.08 bits per heavy atom. The predicted octanol–water partition coefficient (Wildman–Crippen LogP) is 4.87. The Labute approximate surface area is 151 Å². The number of nitrogens with zero attached hydrogens (tertiary/aromatic N) is 1. The third-order valence-corrected chi connectivity index (χ3v) is 5.08. The second-order valence-electron chi connectivity index (χ2n) is 7.68. The van der Waals surface area contributed by atoms with Gasteiger partial charge in [0.25, 0.3) is 0 Å². The molecule has 0 saturated heterocycles. The smallest absolute Gasteiger partial charge is 0.0960 e. The van der Waals surface area contributed by atoms with Gasteiger partial charge in [-0.05, 0) is 42.4 Å². The first kappa shape index (κ1) is 17.5. The number of hydrogen-bond acceptors (Lipinski definition) is 3. The van der Waals surface area contributed by atoms with Gasteiger partial charge < -0.3 is 10.6 Å². The highest BCUT2D eigenvalue weighted by atomic mass is 15.2. The molecule has 1 atom stereocenters. The van der Waals surface area contributed by atoms with Gasteiger partial charge in [-0.25, -0.2) is 0 Å². The van der Waals surface area contributed by atoms with E-state index >= 15 is 0 Å². The zero-order valence-corrected chi connectivity index (χ0v) is 15.5. The van der Waals surface area contributed by atoms with E-state index in [4.69, 9.17) is 0 Å². The van der Waals surface area contributed by atoms with Gasteiger partial charge in [-0.3, -0.25) is 4.98 Å². The molecule has 1 aromatic heterocycles. The average molecular weight is 335 g/mol. The van der Waals surface area contributed by atoms with Crippen LogP contribution in [0, 0.1) is 5.41 Å². The number of aromatic nitrogens is 1. The molecule has 1 aromatic carbocycles. The number of hydrogen-bond donors (Lipinski definition) is 2. The second kappa shape index (κ2) is 7.73. The van der Waals surface area contributed by atoms with Crippen LogP contribution in [0.5, 0.6) is 0 Å². The molecule has 1 unspecified atom stereocenters. The lowest BCUT2D eigenvalue weighted by Crippen LogP contribution is -2.33. The van der Waals surface area contributed by atoms with Crippen LogP contribution in [0.15, 0.2) is 60.6 Å². The van der Waals surface area contributed by atoms with Crippen molar-refractivity contribution in [3.8, 4) is 11.3 Å². The van der Waals surface area contributed by atoms with Crippen molar-refractivity contribution in [1.82, 2.24) is 15.6 Å². The fourth-order valence-corrected chi connectivity index (χ4v) is 3.09. The van der Waals surface area contributed by atoms with Crippen molar-refractivity contribution in [1.29, 1.82) is 0 Å². The van der Waals surface area contributed by atoms with Gasteiger partial charge in [-0.2, -0.15) is 0 Å². The van der Waals surface area contributed by atoms with Crippen LogP contribution in [-0.4, -0.2) is 11.1 Å². The van der Waals surface area contributed by atoms with Gasteiger partial charge in [0.15, 0.2) is 0 Å². The van der Waals surface area contributed by atoms with Gasteiger partial charge in [0.05, 0.1) is 11.9 Å². The van der Waals surface area contributed by atoms with Crippen LogP contribution in [0.25, 0.3) is 11.3 Å². The largest absolute Gasteiger partial charge is 0.370 e. The van der Waals surface area contributed by atoms with Gasteiger partial charge in [0.2, 0.25) is 0 Å². The number of rotatable bonds is 7. The summed E-state index contributed by atoms with van der Waals surface area (Å²) in [6.07, 6.45) is 8.78. The van der Waals surface area contributed by atoms with E-state index in [9.17, 15) is 0 Å². The molecule has 2 heterocycles. The maximum atomic E-state index is 4.41. The van der Waals surface area contributed by atoms with E-state index in [1.54, 1.807) is 0 Å². The monoisotopic (exact) mass is 335 g/mol.